The van der Waals surface area contributed by atoms with Crippen molar-refractivity contribution in [3.63, 3.8) is 0 Å². The van der Waals surface area contributed by atoms with Crippen molar-refractivity contribution in [3.8, 4) is 0 Å². The average Bonchev–Trinajstić information content (AvgIpc) is 2.45. The summed E-state index contributed by atoms with van der Waals surface area (Å²) < 4.78 is 0. The maximum atomic E-state index is 11.7. The molecule has 96 valence electrons. The highest BCUT2D eigenvalue weighted by Crippen LogP contribution is 2.16. The van der Waals surface area contributed by atoms with E-state index in [0.29, 0.717) is 22.0 Å². The van der Waals surface area contributed by atoms with E-state index in [9.17, 15) is 9.70 Å². The zero-order valence-electron chi connectivity index (χ0n) is 9.67. The highest BCUT2D eigenvalue weighted by atomic mass is 35.5. The van der Waals surface area contributed by atoms with Crippen LogP contribution in [0.4, 0.5) is 11.4 Å². The van der Waals surface area contributed by atoms with Gasteiger partial charge in [-0.2, -0.15) is 0 Å². The summed E-state index contributed by atoms with van der Waals surface area (Å²) in [7, 11) is 0. The minimum Gasteiger partial charge on any atom is -0.338 e. The zero-order valence-corrected chi connectivity index (χ0v) is 10.4. The number of nitrogens with one attached hydrogen (secondary N) is 1. The number of nitroso groups, excluding NO2 is 1. The Kier molecular flexibility index (Phi) is 4.10. The monoisotopic (exact) mass is 276 g/mol. The van der Waals surface area contributed by atoms with Gasteiger partial charge in [0.05, 0.1) is 11.3 Å². The maximum Gasteiger partial charge on any atom is 0.362 e. The van der Waals surface area contributed by atoms with Gasteiger partial charge in [-0.3, -0.25) is 0 Å². The number of carbonyl (C=O) groups excluding carboxylic acids is 1. The van der Waals surface area contributed by atoms with Crippen molar-refractivity contribution in [3.05, 3.63) is 64.0 Å². The molecule has 0 unspecified atom stereocenters. The van der Waals surface area contributed by atoms with Gasteiger partial charge >= 0.3 is 5.97 Å². The molecule has 0 saturated heterocycles. The summed E-state index contributed by atoms with van der Waals surface area (Å²) in [5.41, 5.74) is 3.64. The molecule has 0 aromatic heterocycles. The van der Waals surface area contributed by atoms with Crippen molar-refractivity contribution in [2.45, 2.75) is 0 Å². The Labute approximate surface area is 114 Å². The molecule has 0 aliphatic rings. The van der Waals surface area contributed by atoms with Gasteiger partial charge in [-0.25, -0.2) is 10.3 Å². The van der Waals surface area contributed by atoms with Gasteiger partial charge in [0.2, 0.25) is 0 Å². The second-order valence-corrected chi connectivity index (χ2v) is 4.08. The number of rotatable bonds is 4. The topological polar surface area (TPSA) is 67.8 Å². The number of hydrogen-bond donors (Lipinski definition) is 1. The van der Waals surface area contributed by atoms with E-state index >= 15 is 0 Å². The van der Waals surface area contributed by atoms with Crippen molar-refractivity contribution in [1.29, 1.82) is 0 Å². The predicted molar refractivity (Wildman–Crippen MR) is 72.4 cm³/mol. The van der Waals surface area contributed by atoms with Crippen LogP contribution in [0.25, 0.3) is 0 Å². The van der Waals surface area contributed by atoms with Gasteiger partial charge in [0.25, 0.3) is 0 Å². The molecule has 1 N–H and O–H groups in total. The Morgan fingerprint density at radius 2 is 1.89 bits per heavy atom. The standard InChI is InChI=1S/C13H9ClN2O3/c14-10-3-1-2-9(8-10)13(17)19-16-12-6-4-11(15-18)5-7-12/h1-8,16H. The number of carbonyl (C=O) groups is 1. The summed E-state index contributed by atoms with van der Waals surface area (Å²) in [6, 6.07) is 12.6. The lowest BCUT2D eigenvalue weighted by atomic mass is 10.2. The molecule has 6 heteroatoms. The molecule has 0 saturated carbocycles. The molecule has 0 radical (unpaired) electrons. The van der Waals surface area contributed by atoms with Crippen LogP contribution in [0.3, 0.4) is 0 Å². The molecule has 2 aromatic carbocycles. The highest BCUT2D eigenvalue weighted by molar-refractivity contribution is 6.30. The molecule has 0 aliphatic heterocycles. The lowest BCUT2D eigenvalue weighted by Crippen LogP contribution is -2.10. The smallest absolute Gasteiger partial charge is 0.338 e. The average molecular weight is 277 g/mol. The van der Waals surface area contributed by atoms with Crippen LogP contribution in [0.2, 0.25) is 5.02 Å². The Bertz CT molecular complexity index is 599. The summed E-state index contributed by atoms with van der Waals surface area (Å²) in [4.78, 5) is 26.8. The van der Waals surface area contributed by atoms with Gasteiger partial charge in [-0.15, -0.1) is 4.91 Å². The van der Waals surface area contributed by atoms with Crippen LogP contribution in [0.5, 0.6) is 0 Å². The van der Waals surface area contributed by atoms with E-state index < -0.39 is 5.97 Å². The first-order chi connectivity index (χ1) is 9.19. The molecule has 0 heterocycles. The molecule has 5 nitrogen and oxygen atoms in total. The number of hydrogen-bond acceptors (Lipinski definition) is 5. The van der Waals surface area contributed by atoms with Gasteiger partial charge in [-0.05, 0) is 47.6 Å². The van der Waals surface area contributed by atoms with Crippen LogP contribution >= 0.6 is 11.6 Å². The lowest BCUT2D eigenvalue weighted by molar-refractivity contribution is 0.0596. The first-order valence-electron chi connectivity index (χ1n) is 5.35. The van der Waals surface area contributed by atoms with Crippen LogP contribution in [-0.2, 0) is 4.84 Å². The molecule has 0 spiro atoms. The molecular formula is C13H9ClN2O3. The molecule has 2 aromatic rings. The van der Waals surface area contributed by atoms with E-state index in [1.54, 1.807) is 30.3 Å². The summed E-state index contributed by atoms with van der Waals surface area (Å²) in [5.74, 6) is -0.555. The second-order valence-electron chi connectivity index (χ2n) is 3.64. The van der Waals surface area contributed by atoms with E-state index in [-0.39, 0.29) is 0 Å². The predicted octanol–water partition coefficient (Wildman–Crippen LogP) is 3.92. The largest absolute Gasteiger partial charge is 0.362 e. The van der Waals surface area contributed by atoms with Gasteiger partial charge in [0.1, 0.15) is 5.69 Å². The van der Waals surface area contributed by atoms with Gasteiger partial charge in [-0.1, -0.05) is 17.7 Å². The molecule has 19 heavy (non-hydrogen) atoms. The second kappa shape index (κ2) is 5.97. The van der Waals surface area contributed by atoms with E-state index in [1.165, 1.54) is 18.2 Å². The third kappa shape index (κ3) is 3.53. The van der Waals surface area contributed by atoms with Crippen LogP contribution in [0, 0.1) is 4.91 Å². The minimum absolute atomic E-state index is 0.298. The van der Waals surface area contributed by atoms with Gasteiger partial charge in [0, 0.05) is 5.02 Å². The first-order valence-corrected chi connectivity index (χ1v) is 5.73. The normalized spacial score (nSPS) is 9.74. The van der Waals surface area contributed by atoms with E-state index in [2.05, 4.69) is 10.7 Å². The molecule has 0 atom stereocenters. The van der Waals surface area contributed by atoms with Crippen molar-refractivity contribution < 1.29 is 9.63 Å². The summed E-state index contributed by atoms with van der Waals surface area (Å²) in [6.45, 7) is 0. The summed E-state index contributed by atoms with van der Waals surface area (Å²) in [5, 5.41) is 3.22. The number of nitrogens with zero attached hydrogens (tertiary/aromatic N) is 1. The van der Waals surface area contributed by atoms with Crippen LogP contribution in [0.1, 0.15) is 10.4 Å². The molecule has 0 amide bonds. The fourth-order valence-electron chi connectivity index (χ4n) is 1.37. The Hall–Kier alpha value is -2.40. The first kappa shape index (κ1) is 13.0. The molecular weight excluding hydrogens is 268 g/mol. The summed E-state index contributed by atoms with van der Waals surface area (Å²) in [6.07, 6.45) is 0. The highest BCUT2D eigenvalue weighted by Gasteiger charge is 2.07. The third-order valence-corrected chi connectivity index (χ3v) is 2.53. The van der Waals surface area contributed by atoms with Crippen molar-refractivity contribution >= 4 is 28.9 Å². The lowest BCUT2D eigenvalue weighted by Gasteiger charge is -2.06. The van der Waals surface area contributed by atoms with Gasteiger partial charge < -0.3 is 4.84 Å². The number of halogens is 1. The Morgan fingerprint density at radius 3 is 2.53 bits per heavy atom. The third-order valence-electron chi connectivity index (χ3n) is 2.29. The summed E-state index contributed by atoms with van der Waals surface area (Å²) >= 11 is 5.77. The zero-order chi connectivity index (χ0) is 13.7. The van der Waals surface area contributed by atoms with Crippen LogP contribution in [-0.4, -0.2) is 5.97 Å². The van der Waals surface area contributed by atoms with E-state index in [4.69, 9.17) is 16.4 Å². The van der Waals surface area contributed by atoms with E-state index in [1.807, 2.05) is 0 Å². The Morgan fingerprint density at radius 1 is 1.16 bits per heavy atom. The molecule has 0 bridgehead atoms. The van der Waals surface area contributed by atoms with Crippen molar-refractivity contribution in [1.82, 2.24) is 0 Å². The van der Waals surface area contributed by atoms with Crippen molar-refractivity contribution in [2.75, 3.05) is 5.48 Å². The van der Waals surface area contributed by atoms with Gasteiger partial charge in [0.15, 0.2) is 0 Å². The minimum atomic E-state index is -0.555. The SMILES string of the molecule is O=Nc1ccc(NOC(=O)c2cccc(Cl)c2)cc1. The maximum absolute atomic E-state index is 11.7. The molecule has 0 fully saturated rings. The molecule has 2 rings (SSSR count). The fraction of sp³-hybridized carbons (Fsp3) is 0. The van der Waals surface area contributed by atoms with Crippen LogP contribution < -0.4 is 5.48 Å². The van der Waals surface area contributed by atoms with Crippen LogP contribution in [0.15, 0.2) is 53.7 Å². The quantitative estimate of drug-likeness (QED) is 0.679. The van der Waals surface area contributed by atoms with Crippen molar-refractivity contribution in [2.24, 2.45) is 5.18 Å². The Balaban J connectivity index is 1.98. The number of anilines is 1. The molecule has 0 aliphatic carbocycles. The fourth-order valence-corrected chi connectivity index (χ4v) is 1.56. The van der Waals surface area contributed by atoms with E-state index in [0.717, 1.165) is 0 Å². The number of benzene rings is 2.